The van der Waals surface area contributed by atoms with Crippen LogP contribution in [0.3, 0.4) is 0 Å². The fourth-order valence-electron chi connectivity index (χ4n) is 1.74. The normalized spacial score (nSPS) is 10.6. The number of ketones is 1. The smallest absolute Gasteiger partial charge is 0.159 e. The lowest BCUT2D eigenvalue weighted by molar-refractivity contribution is 0.101. The van der Waals surface area contributed by atoms with E-state index in [2.05, 4.69) is 4.98 Å². The van der Waals surface area contributed by atoms with E-state index in [0.717, 1.165) is 22.9 Å². The second-order valence-electron chi connectivity index (χ2n) is 3.85. The molecule has 0 aliphatic rings. The number of benzene rings is 1. The maximum Gasteiger partial charge on any atom is 0.159 e. The standard InChI is InChI=1S/C13H14N2O/c1-3-9-6-11-7-10(8(2)16)4-5-12(11)15-13(9)14/h4-7H,3H2,1-2H3,(H2,14,15). The molecule has 0 spiro atoms. The van der Waals surface area contributed by atoms with Gasteiger partial charge >= 0.3 is 0 Å². The predicted octanol–water partition coefficient (Wildman–Crippen LogP) is 2.58. The molecule has 0 unspecified atom stereocenters. The summed E-state index contributed by atoms with van der Waals surface area (Å²) in [5.41, 5.74) is 8.38. The molecule has 0 amide bonds. The summed E-state index contributed by atoms with van der Waals surface area (Å²) in [4.78, 5) is 15.6. The van der Waals surface area contributed by atoms with Crippen LogP contribution in [-0.4, -0.2) is 10.8 Å². The number of hydrogen-bond acceptors (Lipinski definition) is 3. The highest BCUT2D eigenvalue weighted by molar-refractivity contribution is 5.98. The molecule has 0 bridgehead atoms. The number of hydrogen-bond donors (Lipinski definition) is 1. The number of nitrogens with two attached hydrogens (primary N) is 1. The summed E-state index contributed by atoms with van der Waals surface area (Å²) in [6.45, 7) is 3.60. The summed E-state index contributed by atoms with van der Waals surface area (Å²) < 4.78 is 0. The third kappa shape index (κ3) is 1.76. The lowest BCUT2D eigenvalue weighted by Crippen LogP contribution is -1.98. The van der Waals surface area contributed by atoms with E-state index in [1.807, 2.05) is 25.1 Å². The van der Waals surface area contributed by atoms with Crippen LogP contribution in [0.15, 0.2) is 24.3 Å². The summed E-state index contributed by atoms with van der Waals surface area (Å²) in [7, 11) is 0. The van der Waals surface area contributed by atoms with Crippen LogP contribution < -0.4 is 5.73 Å². The quantitative estimate of drug-likeness (QED) is 0.782. The van der Waals surface area contributed by atoms with Crippen LogP contribution in [0.1, 0.15) is 29.8 Å². The van der Waals surface area contributed by atoms with Gasteiger partial charge in [0, 0.05) is 10.9 Å². The van der Waals surface area contributed by atoms with E-state index in [1.54, 1.807) is 13.0 Å². The third-order valence-electron chi connectivity index (χ3n) is 2.71. The van der Waals surface area contributed by atoms with E-state index in [-0.39, 0.29) is 5.78 Å². The molecule has 1 aromatic carbocycles. The molecule has 0 saturated heterocycles. The van der Waals surface area contributed by atoms with Gasteiger partial charge in [0.25, 0.3) is 0 Å². The Hall–Kier alpha value is -1.90. The van der Waals surface area contributed by atoms with Gasteiger partial charge in [0.2, 0.25) is 0 Å². The Bertz CT molecular complexity index is 561. The van der Waals surface area contributed by atoms with Crippen molar-refractivity contribution < 1.29 is 4.79 Å². The monoisotopic (exact) mass is 214 g/mol. The van der Waals surface area contributed by atoms with Crippen LogP contribution in [-0.2, 0) is 6.42 Å². The number of carbonyl (C=O) groups excluding carboxylic acids is 1. The molecule has 0 aliphatic carbocycles. The molecule has 2 rings (SSSR count). The first-order valence-electron chi connectivity index (χ1n) is 5.32. The molecule has 0 radical (unpaired) electrons. The minimum absolute atomic E-state index is 0.0665. The van der Waals surface area contributed by atoms with Crippen LogP contribution in [0, 0.1) is 0 Å². The van der Waals surface area contributed by atoms with Crippen LogP contribution in [0.2, 0.25) is 0 Å². The number of pyridine rings is 1. The first kappa shape index (κ1) is 10.6. The van der Waals surface area contributed by atoms with Gasteiger partial charge in [-0.25, -0.2) is 4.98 Å². The molecule has 3 nitrogen and oxygen atoms in total. The first-order valence-corrected chi connectivity index (χ1v) is 5.32. The summed E-state index contributed by atoms with van der Waals surface area (Å²) in [6.07, 6.45) is 0.846. The Morgan fingerprint density at radius 3 is 2.75 bits per heavy atom. The molecule has 0 atom stereocenters. The molecule has 2 N–H and O–H groups in total. The van der Waals surface area contributed by atoms with E-state index in [4.69, 9.17) is 5.73 Å². The van der Waals surface area contributed by atoms with Gasteiger partial charge in [0.05, 0.1) is 5.52 Å². The van der Waals surface area contributed by atoms with Crippen molar-refractivity contribution >= 4 is 22.5 Å². The predicted molar refractivity (Wildman–Crippen MR) is 65.5 cm³/mol. The number of Topliss-reactive ketones (excluding diaryl/α,β-unsaturated/α-hetero) is 1. The minimum atomic E-state index is 0.0665. The zero-order valence-electron chi connectivity index (χ0n) is 9.45. The largest absolute Gasteiger partial charge is 0.383 e. The van der Waals surface area contributed by atoms with Gasteiger partial charge in [-0.15, -0.1) is 0 Å². The lowest BCUT2D eigenvalue weighted by Gasteiger charge is -2.05. The fourth-order valence-corrected chi connectivity index (χ4v) is 1.74. The van der Waals surface area contributed by atoms with Crippen LogP contribution >= 0.6 is 0 Å². The number of fused-ring (bicyclic) bond motifs is 1. The zero-order chi connectivity index (χ0) is 11.7. The van der Waals surface area contributed by atoms with Crippen molar-refractivity contribution in [2.24, 2.45) is 0 Å². The SMILES string of the molecule is CCc1cc2cc(C(C)=O)ccc2nc1N. The van der Waals surface area contributed by atoms with Gasteiger partial charge in [-0.05, 0) is 43.2 Å². The average Bonchev–Trinajstić information content (AvgIpc) is 2.27. The second-order valence-corrected chi connectivity index (χ2v) is 3.85. The third-order valence-corrected chi connectivity index (χ3v) is 2.71. The Kier molecular flexibility index (Phi) is 2.60. The number of nitrogen functional groups attached to an aromatic ring is 1. The number of anilines is 1. The van der Waals surface area contributed by atoms with Gasteiger partial charge < -0.3 is 5.73 Å². The van der Waals surface area contributed by atoms with E-state index < -0.39 is 0 Å². The van der Waals surface area contributed by atoms with Gasteiger partial charge in [0.15, 0.2) is 5.78 Å². The zero-order valence-corrected chi connectivity index (χ0v) is 9.45. The van der Waals surface area contributed by atoms with Crippen molar-refractivity contribution in [3.63, 3.8) is 0 Å². The highest BCUT2D eigenvalue weighted by Gasteiger charge is 2.05. The Morgan fingerprint density at radius 1 is 1.38 bits per heavy atom. The maximum absolute atomic E-state index is 11.3. The van der Waals surface area contributed by atoms with E-state index in [1.165, 1.54) is 0 Å². The van der Waals surface area contributed by atoms with Gasteiger partial charge in [-0.2, -0.15) is 0 Å². The van der Waals surface area contributed by atoms with Crippen molar-refractivity contribution in [2.45, 2.75) is 20.3 Å². The molecule has 1 aromatic heterocycles. The minimum Gasteiger partial charge on any atom is -0.383 e. The Morgan fingerprint density at radius 2 is 2.12 bits per heavy atom. The topological polar surface area (TPSA) is 56.0 Å². The van der Waals surface area contributed by atoms with Crippen molar-refractivity contribution in [3.05, 3.63) is 35.4 Å². The maximum atomic E-state index is 11.3. The number of aromatic nitrogens is 1. The molecule has 1 heterocycles. The van der Waals surface area contributed by atoms with Gasteiger partial charge in [0.1, 0.15) is 5.82 Å². The van der Waals surface area contributed by atoms with Gasteiger partial charge in [-0.1, -0.05) is 6.92 Å². The summed E-state index contributed by atoms with van der Waals surface area (Å²) in [5, 5.41) is 0.971. The van der Waals surface area contributed by atoms with Crippen LogP contribution in [0.25, 0.3) is 10.9 Å². The van der Waals surface area contributed by atoms with Crippen molar-refractivity contribution in [3.8, 4) is 0 Å². The van der Waals surface area contributed by atoms with Crippen molar-refractivity contribution in [1.29, 1.82) is 0 Å². The lowest BCUT2D eigenvalue weighted by atomic mass is 10.1. The molecular weight excluding hydrogens is 200 g/mol. The van der Waals surface area contributed by atoms with Gasteiger partial charge in [-0.3, -0.25) is 4.79 Å². The number of aryl methyl sites for hydroxylation is 1. The molecule has 0 saturated carbocycles. The first-order chi connectivity index (χ1) is 7.61. The summed E-state index contributed by atoms with van der Waals surface area (Å²) in [5.74, 6) is 0.641. The van der Waals surface area contributed by atoms with Crippen molar-refractivity contribution in [1.82, 2.24) is 4.98 Å². The van der Waals surface area contributed by atoms with Crippen LogP contribution in [0.4, 0.5) is 5.82 Å². The van der Waals surface area contributed by atoms with E-state index in [9.17, 15) is 4.79 Å². The molecule has 3 heteroatoms. The molecular formula is C13H14N2O. The summed E-state index contributed by atoms with van der Waals surface area (Å²) >= 11 is 0. The molecule has 82 valence electrons. The van der Waals surface area contributed by atoms with E-state index in [0.29, 0.717) is 11.4 Å². The average molecular weight is 214 g/mol. The Labute approximate surface area is 94.3 Å². The number of rotatable bonds is 2. The van der Waals surface area contributed by atoms with Crippen molar-refractivity contribution in [2.75, 3.05) is 5.73 Å². The number of nitrogens with zero attached hydrogens (tertiary/aromatic N) is 1. The molecule has 0 fully saturated rings. The van der Waals surface area contributed by atoms with E-state index >= 15 is 0 Å². The second kappa shape index (κ2) is 3.93. The molecule has 2 aromatic rings. The summed E-state index contributed by atoms with van der Waals surface area (Å²) in [6, 6.07) is 7.48. The highest BCUT2D eigenvalue weighted by Crippen LogP contribution is 2.20. The highest BCUT2D eigenvalue weighted by atomic mass is 16.1. The fraction of sp³-hybridized carbons (Fsp3) is 0.231. The number of carbonyl (C=O) groups is 1. The Balaban J connectivity index is 2.68. The molecule has 16 heavy (non-hydrogen) atoms. The molecule has 0 aliphatic heterocycles. The van der Waals surface area contributed by atoms with Crippen LogP contribution in [0.5, 0.6) is 0 Å².